The summed E-state index contributed by atoms with van der Waals surface area (Å²) in [7, 11) is 0. The highest BCUT2D eigenvalue weighted by molar-refractivity contribution is 6.32. The molecule has 0 fully saturated rings. The summed E-state index contributed by atoms with van der Waals surface area (Å²) in [4.78, 5) is 20.6. The molecular formula is C110H72Cl2N4O2. The van der Waals surface area contributed by atoms with Gasteiger partial charge in [0, 0.05) is 112 Å². The molecule has 0 radical (unpaired) electrons. The summed E-state index contributed by atoms with van der Waals surface area (Å²) in [6.45, 7) is 9.32. The van der Waals surface area contributed by atoms with Crippen LogP contribution in [-0.4, -0.2) is 19.9 Å². The van der Waals surface area contributed by atoms with Crippen LogP contribution >= 0.6 is 23.2 Å². The van der Waals surface area contributed by atoms with Crippen molar-refractivity contribution in [1.82, 2.24) is 19.9 Å². The molecule has 20 aromatic rings. The molecule has 0 bridgehead atoms. The Balaban J connectivity index is 0.568. The Morgan fingerprint density at radius 1 is 0.203 bits per heavy atom. The number of pyridine rings is 4. The Hall–Kier alpha value is -14.1. The van der Waals surface area contributed by atoms with E-state index in [1.165, 1.54) is 44.5 Å². The van der Waals surface area contributed by atoms with E-state index >= 15 is 0 Å². The lowest BCUT2D eigenvalue weighted by Crippen LogP contribution is -2.15. The van der Waals surface area contributed by atoms with Gasteiger partial charge in [-0.1, -0.05) is 281 Å². The zero-order chi connectivity index (χ0) is 79.1. The molecule has 6 heterocycles. The summed E-state index contributed by atoms with van der Waals surface area (Å²) < 4.78 is 13.0. The molecule has 8 heteroatoms. The summed E-state index contributed by atoms with van der Waals surface area (Å²) >= 11 is 14.6. The average molecular weight is 1550 g/mol. The van der Waals surface area contributed by atoms with Crippen molar-refractivity contribution in [1.29, 1.82) is 0 Å². The highest BCUT2D eigenvalue weighted by Crippen LogP contribution is 2.54. The van der Waals surface area contributed by atoms with Crippen molar-refractivity contribution in [3.63, 3.8) is 0 Å². The molecule has 6 aromatic heterocycles. The van der Waals surface area contributed by atoms with Crippen LogP contribution in [0, 0.1) is 0 Å². The fourth-order valence-corrected chi connectivity index (χ4v) is 19.2. The molecule has 0 N–H and O–H groups in total. The maximum atomic E-state index is 7.41. The third kappa shape index (κ3) is 11.8. The minimum absolute atomic E-state index is 0.0955. The Labute approximate surface area is 693 Å². The first-order valence-electron chi connectivity index (χ1n) is 40.0. The van der Waals surface area contributed by atoms with Crippen molar-refractivity contribution in [2.45, 2.75) is 38.5 Å². The fourth-order valence-electron chi connectivity index (χ4n) is 18.7. The summed E-state index contributed by atoms with van der Waals surface area (Å²) in [6, 6.07) is 121. The second-order valence-corrected chi connectivity index (χ2v) is 33.1. The van der Waals surface area contributed by atoms with Gasteiger partial charge in [0.05, 0.1) is 22.8 Å². The molecule has 558 valence electrons. The number of benzene rings is 14. The van der Waals surface area contributed by atoms with E-state index in [1.807, 2.05) is 55.1 Å². The molecule has 2 aliphatic carbocycles. The van der Waals surface area contributed by atoms with Crippen LogP contribution in [0.3, 0.4) is 0 Å². The third-order valence-electron chi connectivity index (χ3n) is 24.7. The zero-order valence-corrected chi connectivity index (χ0v) is 66.5. The normalized spacial score (nSPS) is 13.0. The Morgan fingerprint density at radius 3 is 0.949 bits per heavy atom. The Bertz CT molecular complexity index is 7500. The van der Waals surface area contributed by atoms with Gasteiger partial charge in [-0.25, -0.2) is 0 Å². The van der Waals surface area contributed by atoms with E-state index in [0.29, 0.717) is 10.0 Å². The Morgan fingerprint density at radius 2 is 0.508 bits per heavy atom. The SMILES string of the molecule is CC1(C)c2ccccc2-c2ccc(-c3ccc(-c4ccccc4-c4cc(Cl)cc(-c5ccccc5-c5ccc(-c6ccc7c(c6)C(C)(C)c6ccc(-c8ccc(-c9ccc(-c%10cccc%11c%10oc%10ccccc%10%11)nc9)c(-c9cc(Cl)cc(-c%10ccccc%10-c%10ccc(-c%11cccc%12c%11oc%11ccccc%11%12)nc%10)c9)c8)cc6-7)nc5)c4)cn3)cc21. The lowest BCUT2D eigenvalue weighted by molar-refractivity contribution is 0.660. The number of aromatic nitrogens is 4. The molecule has 0 spiro atoms. The van der Waals surface area contributed by atoms with Crippen LogP contribution in [0.15, 0.2) is 373 Å². The van der Waals surface area contributed by atoms with Gasteiger partial charge in [-0.2, -0.15) is 0 Å². The number of furan rings is 2. The molecule has 22 rings (SSSR count). The standard InChI is InChI=1S/C110H72Cl2N4O2/c1-109(2)97-32-14-11-25-86(97)87-44-36-67(59-99(87)109)101-47-39-69(61-113-101)79-19-5-8-22-82(79)73-51-74(54-77(111)53-73)83-23-9-6-20-80(83)70-40-48-102(114-62-70)68-37-45-88-96-58-66(38-46-98(96)110(3,4)100(88)60-68)65-35-43-85(72-42-50-104(116-64-72)94-31-18-29-92-90-27-13-16-34-106(90)118-108(92)94)95(57-65)76-52-75(55-78(112)56-76)84-24-10-7-21-81(84)71-41-49-103(115-63-71)93-30-17-28-91-89-26-12-15-33-105(89)117-107(91)93/h5-64H,1-4H3. The van der Waals surface area contributed by atoms with Crippen LogP contribution < -0.4 is 0 Å². The van der Waals surface area contributed by atoms with E-state index in [4.69, 9.17) is 52.0 Å². The van der Waals surface area contributed by atoms with Crippen molar-refractivity contribution in [3.05, 3.63) is 397 Å². The van der Waals surface area contributed by atoms with Crippen molar-refractivity contribution in [2.75, 3.05) is 0 Å². The van der Waals surface area contributed by atoms with E-state index in [0.717, 1.165) is 189 Å². The van der Waals surface area contributed by atoms with Gasteiger partial charge in [0.25, 0.3) is 0 Å². The van der Waals surface area contributed by atoms with Gasteiger partial charge in [0.2, 0.25) is 0 Å². The number of rotatable bonds is 13. The number of hydrogen-bond acceptors (Lipinski definition) is 6. The van der Waals surface area contributed by atoms with Crippen LogP contribution in [0.1, 0.15) is 49.9 Å². The van der Waals surface area contributed by atoms with Crippen LogP contribution in [0.4, 0.5) is 0 Å². The van der Waals surface area contributed by atoms with E-state index in [-0.39, 0.29) is 10.8 Å². The molecule has 0 saturated heterocycles. The first-order chi connectivity index (χ1) is 57.8. The van der Waals surface area contributed by atoms with Crippen molar-refractivity contribution >= 4 is 67.1 Å². The quantitative estimate of drug-likeness (QED) is 0.114. The smallest absolute Gasteiger partial charge is 0.144 e. The monoisotopic (exact) mass is 1550 g/mol. The van der Waals surface area contributed by atoms with Gasteiger partial charge in [0.1, 0.15) is 22.3 Å². The van der Waals surface area contributed by atoms with Gasteiger partial charge in [-0.15, -0.1) is 0 Å². The van der Waals surface area contributed by atoms with Gasteiger partial charge >= 0.3 is 0 Å². The molecule has 6 nitrogen and oxygen atoms in total. The predicted octanol–water partition coefficient (Wildman–Crippen LogP) is 30.7. The first kappa shape index (κ1) is 70.5. The van der Waals surface area contributed by atoms with E-state index in [9.17, 15) is 0 Å². The van der Waals surface area contributed by atoms with Crippen molar-refractivity contribution < 1.29 is 8.83 Å². The molecule has 2 aliphatic rings. The largest absolute Gasteiger partial charge is 0.455 e. The van der Waals surface area contributed by atoms with E-state index in [2.05, 4.69) is 337 Å². The zero-order valence-electron chi connectivity index (χ0n) is 65.0. The second kappa shape index (κ2) is 27.8. The molecule has 118 heavy (non-hydrogen) atoms. The van der Waals surface area contributed by atoms with E-state index < -0.39 is 0 Å². The van der Waals surface area contributed by atoms with Gasteiger partial charge in [-0.3, -0.25) is 19.9 Å². The molecule has 0 amide bonds. The van der Waals surface area contributed by atoms with Gasteiger partial charge in [0.15, 0.2) is 0 Å². The minimum Gasteiger partial charge on any atom is -0.455 e. The summed E-state index contributed by atoms with van der Waals surface area (Å²) in [6.07, 6.45) is 7.96. The lowest BCUT2D eigenvalue weighted by atomic mass is 9.81. The first-order valence-corrected chi connectivity index (χ1v) is 40.8. The molecule has 0 atom stereocenters. The molecule has 0 unspecified atom stereocenters. The molecule has 14 aromatic carbocycles. The summed E-state index contributed by atoms with van der Waals surface area (Å²) in [5.74, 6) is 0. The average Bonchev–Trinajstić information content (AvgIpc) is 1.57. The van der Waals surface area contributed by atoms with Crippen molar-refractivity contribution in [3.8, 4) is 167 Å². The van der Waals surface area contributed by atoms with E-state index in [1.54, 1.807) is 0 Å². The maximum Gasteiger partial charge on any atom is 0.144 e. The number of para-hydroxylation sites is 4. The molecule has 0 aliphatic heterocycles. The van der Waals surface area contributed by atoms with Gasteiger partial charge < -0.3 is 8.83 Å². The minimum atomic E-state index is -0.301. The summed E-state index contributed by atoms with van der Waals surface area (Å²) in [5, 5.41) is 5.57. The topological polar surface area (TPSA) is 77.8 Å². The van der Waals surface area contributed by atoms with Gasteiger partial charge in [-0.05, 0) is 232 Å². The third-order valence-corrected chi connectivity index (χ3v) is 25.1. The van der Waals surface area contributed by atoms with Crippen LogP contribution in [0.25, 0.3) is 211 Å². The van der Waals surface area contributed by atoms with Crippen LogP contribution in [-0.2, 0) is 10.8 Å². The van der Waals surface area contributed by atoms with Crippen LogP contribution in [0.5, 0.6) is 0 Å². The number of fused-ring (bicyclic) bond motifs is 12. The highest BCUT2D eigenvalue weighted by Gasteiger charge is 2.38. The number of hydrogen-bond donors (Lipinski definition) is 0. The second-order valence-electron chi connectivity index (χ2n) is 32.2. The Kier molecular flexibility index (Phi) is 16.6. The lowest BCUT2D eigenvalue weighted by Gasteiger charge is -2.22. The predicted molar refractivity (Wildman–Crippen MR) is 488 cm³/mol. The van der Waals surface area contributed by atoms with Crippen LogP contribution in [0.2, 0.25) is 10.0 Å². The number of halogens is 2. The fraction of sp³-hybridized carbons (Fsp3) is 0.0545. The summed E-state index contributed by atoms with van der Waals surface area (Å²) in [5.41, 5.74) is 39.3. The number of nitrogens with zero attached hydrogens (tertiary/aromatic N) is 4. The highest BCUT2D eigenvalue weighted by atomic mass is 35.5. The maximum absolute atomic E-state index is 7.41. The van der Waals surface area contributed by atoms with Crippen molar-refractivity contribution in [2.24, 2.45) is 0 Å². The molecule has 0 saturated carbocycles. The molecular weight excluding hydrogens is 1480 g/mol.